The largest absolute Gasteiger partial charge is 0.490 e. The van der Waals surface area contributed by atoms with Crippen LogP contribution in [0.15, 0.2) is 48.5 Å². The van der Waals surface area contributed by atoms with E-state index < -0.39 is 6.04 Å². The Balaban J connectivity index is 1.86. The van der Waals surface area contributed by atoms with Gasteiger partial charge in [0, 0.05) is 44.8 Å². The number of hydrogen-bond acceptors (Lipinski definition) is 7. The summed E-state index contributed by atoms with van der Waals surface area (Å²) in [5.41, 5.74) is 1.80. The van der Waals surface area contributed by atoms with Crippen molar-refractivity contribution in [1.82, 2.24) is 14.7 Å². The van der Waals surface area contributed by atoms with Gasteiger partial charge in [0.2, 0.25) is 11.8 Å². The number of nitrogens with one attached hydrogen (secondary N) is 1. The van der Waals surface area contributed by atoms with Crippen LogP contribution in [0.25, 0.3) is 0 Å². The van der Waals surface area contributed by atoms with Crippen LogP contribution in [0.3, 0.4) is 0 Å². The molecule has 0 spiro atoms. The normalized spacial score (nSPS) is 20.3. The van der Waals surface area contributed by atoms with E-state index in [0.29, 0.717) is 49.5 Å². The Bertz CT molecular complexity index is 1260. The van der Waals surface area contributed by atoms with Gasteiger partial charge >= 0.3 is 0 Å². The van der Waals surface area contributed by atoms with Crippen molar-refractivity contribution in [2.45, 2.75) is 77.5 Å². The van der Waals surface area contributed by atoms with Gasteiger partial charge in [-0.1, -0.05) is 37.3 Å². The van der Waals surface area contributed by atoms with Gasteiger partial charge < -0.3 is 34.6 Å². The van der Waals surface area contributed by atoms with Crippen molar-refractivity contribution in [3.05, 3.63) is 59.7 Å². The van der Waals surface area contributed by atoms with Crippen molar-refractivity contribution in [2.75, 3.05) is 59.3 Å². The number of carbonyl (C=O) groups excluding carboxylic acids is 3. The third-order valence-electron chi connectivity index (χ3n) is 8.42. The molecule has 10 heteroatoms. The van der Waals surface area contributed by atoms with E-state index >= 15 is 0 Å². The summed E-state index contributed by atoms with van der Waals surface area (Å²) in [4.78, 5) is 45.5. The summed E-state index contributed by atoms with van der Waals surface area (Å²) in [6.07, 6.45) is 3.39. The second-order valence-corrected chi connectivity index (χ2v) is 12.9. The second-order valence-electron chi connectivity index (χ2n) is 12.9. The molecule has 2 aromatic carbocycles. The summed E-state index contributed by atoms with van der Waals surface area (Å²) >= 11 is 0. The van der Waals surface area contributed by atoms with Gasteiger partial charge in [0.15, 0.2) is 0 Å². The number of fused-ring (bicyclic) bond motifs is 1. The Morgan fingerprint density at radius 3 is 2.52 bits per heavy atom. The number of aliphatic hydroxyl groups excluding tert-OH is 1. The molecular weight excluding hydrogens is 584 g/mol. The number of nitrogens with zero attached hydrogens (tertiary/aromatic N) is 3. The fourth-order valence-electron chi connectivity index (χ4n) is 5.52. The minimum absolute atomic E-state index is 0.00532. The van der Waals surface area contributed by atoms with Crippen LogP contribution in [-0.4, -0.2) is 110 Å². The first-order valence-corrected chi connectivity index (χ1v) is 16.5. The summed E-state index contributed by atoms with van der Waals surface area (Å²) < 4.78 is 12.7. The predicted octanol–water partition coefficient (Wildman–Crippen LogP) is 4.46. The molecule has 0 saturated heterocycles. The zero-order valence-electron chi connectivity index (χ0n) is 28.5. The van der Waals surface area contributed by atoms with Gasteiger partial charge in [0.05, 0.1) is 36.8 Å². The van der Waals surface area contributed by atoms with E-state index in [4.69, 9.17) is 9.47 Å². The number of amides is 3. The van der Waals surface area contributed by atoms with Gasteiger partial charge in [-0.25, -0.2) is 0 Å². The summed E-state index contributed by atoms with van der Waals surface area (Å²) in [6, 6.07) is 14.4. The molecule has 10 nitrogen and oxygen atoms in total. The van der Waals surface area contributed by atoms with Crippen LogP contribution < -0.4 is 10.1 Å². The Labute approximate surface area is 275 Å². The number of likely N-dealkylation sites (N-methyl/N-ethyl adjacent to an activating group) is 1. The SMILES string of the molecule is C[C@@H]1CN([C@@H](C)CO)C(=O)c2cc(NC(=O)CCCN(C)C)ccc2O[C@@H](C)CCCCO[C@H]1CN(C)C(=O)Cc1ccccc1. The number of ether oxygens (including phenoxy) is 2. The van der Waals surface area contributed by atoms with Crippen LogP contribution in [0, 0.1) is 5.92 Å². The van der Waals surface area contributed by atoms with E-state index in [0.717, 1.165) is 37.8 Å². The summed E-state index contributed by atoms with van der Waals surface area (Å²) in [5.74, 6) is -0.139. The summed E-state index contributed by atoms with van der Waals surface area (Å²) in [5, 5.41) is 13.1. The standard InChI is InChI=1S/C36H54N4O6/c1-26-23-40(27(2)25-41)36(44)31-22-30(37-34(42)16-12-19-38(4)5)17-18-32(31)46-28(3)13-10-11-20-45-33(26)24-39(6)35(43)21-29-14-8-7-9-15-29/h7-9,14-15,17-18,22,26-28,33,41H,10-13,16,19-21,23-25H2,1-6H3,(H,37,42)/t26-,27+,28+,33+/m1/s1. The zero-order valence-corrected chi connectivity index (χ0v) is 28.5. The van der Waals surface area contributed by atoms with Crippen LogP contribution in [0.2, 0.25) is 0 Å². The molecule has 2 aromatic rings. The van der Waals surface area contributed by atoms with Gasteiger partial charge in [-0.15, -0.1) is 0 Å². The van der Waals surface area contributed by atoms with Gasteiger partial charge in [-0.05, 0) is 83.9 Å². The number of anilines is 1. The van der Waals surface area contributed by atoms with Crippen LogP contribution >= 0.6 is 0 Å². The van der Waals surface area contributed by atoms with Crippen LogP contribution in [0.5, 0.6) is 5.75 Å². The van der Waals surface area contributed by atoms with Crippen molar-refractivity contribution in [1.29, 1.82) is 0 Å². The molecule has 4 atom stereocenters. The molecule has 0 saturated carbocycles. The molecule has 0 bridgehead atoms. The van der Waals surface area contributed by atoms with E-state index in [9.17, 15) is 19.5 Å². The van der Waals surface area contributed by atoms with E-state index in [-0.39, 0.29) is 42.5 Å². The fourth-order valence-corrected chi connectivity index (χ4v) is 5.52. The van der Waals surface area contributed by atoms with Crippen LogP contribution in [0.4, 0.5) is 5.69 Å². The number of rotatable bonds is 11. The molecule has 0 aromatic heterocycles. The molecular formula is C36H54N4O6. The van der Waals surface area contributed by atoms with Gasteiger partial charge in [0.25, 0.3) is 5.91 Å². The van der Waals surface area contributed by atoms with Crippen molar-refractivity contribution in [3.8, 4) is 5.75 Å². The maximum absolute atomic E-state index is 14.3. The summed E-state index contributed by atoms with van der Waals surface area (Å²) in [6.45, 7) is 7.57. The highest BCUT2D eigenvalue weighted by molar-refractivity contribution is 5.99. The molecule has 0 fully saturated rings. The Morgan fingerprint density at radius 1 is 1.09 bits per heavy atom. The lowest BCUT2D eigenvalue weighted by atomic mass is 10.0. The van der Waals surface area contributed by atoms with Gasteiger partial charge in [0.1, 0.15) is 5.75 Å². The average molecular weight is 639 g/mol. The maximum atomic E-state index is 14.3. The molecule has 1 heterocycles. The lowest BCUT2D eigenvalue weighted by molar-refractivity contribution is -0.131. The van der Waals surface area contributed by atoms with E-state index in [1.807, 2.05) is 63.2 Å². The van der Waals surface area contributed by atoms with Crippen molar-refractivity contribution in [2.24, 2.45) is 5.92 Å². The predicted molar refractivity (Wildman–Crippen MR) is 181 cm³/mol. The Morgan fingerprint density at radius 2 is 1.83 bits per heavy atom. The molecule has 3 rings (SSSR count). The molecule has 0 unspecified atom stereocenters. The third kappa shape index (κ3) is 11.7. The third-order valence-corrected chi connectivity index (χ3v) is 8.42. The monoisotopic (exact) mass is 638 g/mol. The average Bonchev–Trinajstić information content (AvgIpc) is 3.02. The van der Waals surface area contributed by atoms with Gasteiger partial charge in [-0.2, -0.15) is 0 Å². The van der Waals surface area contributed by atoms with Crippen molar-refractivity contribution >= 4 is 23.4 Å². The Hall–Kier alpha value is -3.47. The quantitative estimate of drug-likeness (QED) is 0.374. The lowest BCUT2D eigenvalue weighted by Crippen LogP contribution is -2.48. The molecule has 3 amide bonds. The smallest absolute Gasteiger partial charge is 0.258 e. The van der Waals surface area contributed by atoms with Crippen molar-refractivity contribution in [3.63, 3.8) is 0 Å². The number of aliphatic hydroxyl groups is 1. The molecule has 46 heavy (non-hydrogen) atoms. The van der Waals surface area contributed by atoms with Crippen LogP contribution in [0.1, 0.15) is 68.8 Å². The highest BCUT2D eigenvalue weighted by atomic mass is 16.5. The molecule has 2 N–H and O–H groups in total. The maximum Gasteiger partial charge on any atom is 0.258 e. The van der Waals surface area contributed by atoms with E-state index in [1.165, 1.54) is 0 Å². The highest BCUT2D eigenvalue weighted by Gasteiger charge is 2.31. The zero-order chi connectivity index (χ0) is 33.6. The van der Waals surface area contributed by atoms with Gasteiger partial charge in [-0.3, -0.25) is 14.4 Å². The van der Waals surface area contributed by atoms with E-state index in [1.54, 1.807) is 42.0 Å². The first kappa shape index (κ1) is 37.0. The second kappa shape index (κ2) is 18.6. The van der Waals surface area contributed by atoms with Crippen LogP contribution in [-0.2, 0) is 20.7 Å². The Kier molecular flexibility index (Phi) is 15.0. The molecule has 0 aliphatic carbocycles. The number of benzene rings is 2. The molecule has 254 valence electrons. The molecule has 1 aliphatic rings. The lowest BCUT2D eigenvalue weighted by Gasteiger charge is -2.36. The minimum Gasteiger partial charge on any atom is -0.490 e. The molecule has 1 aliphatic heterocycles. The van der Waals surface area contributed by atoms with Crippen molar-refractivity contribution < 1.29 is 29.0 Å². The van der Waals surface area contributed by atoms with E-state index in [2.05, 4.69) is 5.32 Å². The minimum atomic E-state index is -0.490. The number of carbonyl (C=O) groups is 3. The first-order valence-electron chi connectivity index (χ1n) is 16.5. The molecule has 0 radical (unpaired) electrons. The number of hydrogen-bond donors (Lipinski definition) is 2. The fraction of sp³-hybridized carbons (Fsp3) is 0.583. The highest BCUT2D eigenvalue weighted by Crippen LogP contribution is 2.28. The topological polar surface area (TPSA) is 112 Å². The summed E-state index contributed by atoms with van der Waals surface area (Å²) in [7, 11) is 5.73. The first-order chi connectivity index (χ1) is 22.0.